The summed E-state index contributed by atoms with van der Waals surface area (Å²) in [7, 11) is 1.48. The minimum absolute atomic E-state index is 0.333. The van der Waals surface area contributed by atoms with Crippen LogP contribution in [0.1, 0.15) is 48.0 Å². The molecule has 1 aromatic heterocycles. The second kappa shape index (κ2) is 7.17. The lowest BCUT2D eigenvalue weighted by Gasteiger charge is -2.18. The van der Waals surface area contributed by atoms with E-state index in [4.69, 9.17) is 4.74 Å². The standard InChI is InChI=1S/C17H20FN3O2S/c1-10(15-13(18)4-3-5-14(15)23-2)20-17(22)19-8-12-9-24-16(21-12)11-6-7-11/h3-5,9-11H,6-8H2,1-2H3,(H2,19,20,22)/t10-/m1/s1. The molecular weight excluding hydrogens is 329 g/mol. The second-order valence-electron chi connectivity index (χ2n) is 5.86. The predicted molar refractivity (Wildman–Crippen MR) is 90.8 cm³/mol. The Morgan fingerprint density at radius 3 is 3.00 bits per heavy atom. The van der Waals surface area contributed by atoms with Crippen molar-refractivity contribution in [1.82, 2.24) is 15.6 Å². The number of amides is 2. The number of urea groups is 1. The average molecular weight is 349 g/mol. The number of aromatic nitrogens is 1. The van der Waals surface area contributed by atoms with Crippen molar-refractivity contribution in [2.75, 3.05) is 7.11 Å². The van der Waals surface area contributed by atoms with Gasteiger partial charge in [0.25, 0.3) is 0 Å². The minimum atomic E-state index is -0.515. The predicted octanol–water partition coefficient (Wildman–Crippen LogP) is 3.73. The summed E-state index contributed by atoms with van der Waals surface area (Å²) in [4.78, 5) is 16.6. The molecule has 0 unspecified atom stereocenters. The maximum atomic E-state index is 14.0. The van der Waals surface area contributed by atoms with Crippen LogP contribution >= 0.6 is 11.3 Å². The molecule has 1 aliphatic carbocycles. The molecule has 2 amide bonds. The Morgan fingerprint density at radius 2 is 2.29 bits per heavy atom. The van der Waals surface area contributed by atoms with Crippen LogP contribution in [0.25, 0.3) is 0 Å². The molecule has 1 aliphatic rings. The summed E-state index contributed by atoms with van der Waals surface area (Å²) in [6, 6.07) is 3.71. The molecule has 0 saturated heterocycles. The molecule has 2 N–H and O–H groups in total. The topological polar surface area (TPSA) is 63.2 Å². The van der Waals surface area contributed by atoms with E-state index in [1.165, 1.54) is 26.0 Å². The monoisotopic (exact) mass is 349 g/mol. The summed E-state index contributed by atoms with van der Waals surface area (Å²) in [5.41, 5.74) is 1.19. The van der Waals surface area contributed by atoms with Crippen LogP contribution in [-0.4, -0.2) is 18.1 Å². The van der Waals surface area contributed by atoms with Crippen molar-refractivity contribution in [2.45, 2.75) is 38.3 Å². The first-order valence-electron chi connectivity index (χ1n) is 7.89. The summed E-state index contributed by atoms with van der Waals surface area (Å²) >= 11 is 1.64. The third-order valence-corrected chi connectivity index (χ3v) is 5.00. The largest absolute Gasteiger partial charge is 0.496 e. The number of benzene rings is 1. The zero-order chi connectivity index (χ0) is 17.1. The van der Waals surface area contributed by atoms with E-state index in [-0.39, 0.29) is 6.03 Å². The quantitative estimate of drug-likeness (QED) is 0.835. The molecule has 1 fully saturated rings. The Labute approximate surface area is 144 Å². The van der Waals surface area contributed by atoms with E-state index in [1.807, 2.05) is 5.38 Å². The Hall–Kier alpha value is -2.15. The van der Waals surface area contributed by atoms with Crippen LogP contribution in [0.5, 0.6) is 5.75 Å². The molecule has 3 rings (SSSR count). The number of nitrogens with one attached hydrogen (secondary N) is 2. The number of carbonyl (C=O) groups excluding carboxylic acids is 1. The fraction of sp³-hybridized carbons (Fsp3) is 0.412. The minimum Gasteiger partial charge on any atom is -0.496 e. The van der Waals surface area contributed by atoms with E-state index in [1.54, 1.807) is 30.4 Å². The molecule has 1 aromatic carbocycles. The summed E-state index contributed by atoms with van der Waals surface area (Å²) < 4.78 is 19.2. The van der Waals surface area contributed by atoms with Crippen LogP contribution < -0.4 is 15.4 Å². The van der Waals surface area contributed by atoms with E-state index in [9.17, 15) is 9.18 Å². The van der Waals surface area contributed by atoms with Crippen LogP contribution in [0.4, 0.5) is 9.18 Å². The molecule has 5 nitrogen and oxygen atoms in total. The van der Waals surface area contributed by atoms with Gasteiger partial charge in [-0.1, -0.05) is 6.07 Å². The van der Waals surface area contributed by atoms with E-state index in [2.05, 4.69) is 15.6 Å². The van der Waals surface area contributed by atoms with Crippen LogP contribution in [0.15, 0.2) is 23.6 Å². The van der Waals surface area contributed by atoms with Gasteiger partial charge in [-0.3, -0.25) is 0 Å². The molecule has 0 aliphatic heterocycles. The van der Waals surface area contributed by atoms with Crippen molar-refractivity contribution < 1.29 is 13.9 Å². The van der Waals surface area contributed by atoms with E-state index >= 15 is 0 Å². The van der Waals surface area contributed by atoms with Crippen molar-refractivity contribution in [3.05, 3.63) is 45.7 Å². The number of thiazole rings is 1. The number of hydrogen-bond donors (Lipinski definition) is 2. The van der Waals surface area contributed by atoms with Gasteiger partial charge in [0, 0.05) is 11.3 Å². The smallest absolute Gasteiger partial charge is 0.315 e. The van der Waals surface area contributed by atoms with Crippen LogP contribution in [0, 0.1) is 5.82 Å². The third kappa shape index (κ3) is 3.84. The Bertz CT molecular complexity index is 730. The number of rotatable bonds is 6. The van der Waals surface area contributed by atoms with Gasteiger partial charge in [0.05, 0.1) is 36.0 Å². The molecule has 1 heterocycles. The van der Waals surface area contributed by atoms with Gasteiger partial charge < -0.3 is 15.4 Å². The third-order valence-electron chi connectivity index (χ3n) is 3.94. The highest BCUT2D eigenvalue weighted by Crippen LogP contribution is 2.41. The Morgan fingerprint density at radius 1 is 1.50 bits per heavy atom. The van der Waals surface area contributed by atoms with Crippen molar-refractivity contribution in [1.29, 1.82) is 0 Å². The number of nitrogens with zero attached hydrogens (tertiary/aromatic N) is 1. The molecule has 1 saturated carbocycles. The highest BCUT2D eigenvalue weighted by atomic mass is 32.1. The molecule has 7 heteroatoms. The normalized spacial score (nSPS) is 15.0. The van der Waals surface area contributed by atoms with Gasteiger partial charge in [0.1, 0.15) is 11.6 Å². The molecular formula is C17H20FN3O2S. The lowest BCUT2D eigenvalue weighted by atomic mass is 10.1. The van der Waals surface area contributed by atoms with Crippen molar-refractivity contribution in [2.24, 2.45) is 0 Å². The first-order chi connectivity index (χ1) is 11.6. The van der Waals surface area contributed by atoms with Crippen molar-refractivity contribution >= 4 is 17.4 Å². The number of hydrogen-bond acceptors (Lipinski definition) is 4. The van der Waals surface area contributed by atoms with Gasteiger partial charge in [-0.15, -0.1) is 11.3 Å². The van der Waals surface area contributed by atoms with Gasteiger partial charge >= 0.3 is 6.03 Å². The lowest BCUT2D eigenvalue weighted by Crippen LogP contribution is -2.37. The molecule has 1 atom stereocenters. The zero-order valence-corrected chi connectivity index (χ0v) is 14.5. The highest BCUT2D eigenvalue weighted by Gasteiger charge is 2.26. The van der Waals surface area contributed by atoms with Gasteiger partial charge in [0.15, 0.2) is 0 Å². The fourth-order valence-corrected chi connectivity index (χ4v) is 3.52. The average Bonchev–Trinajstić information content (AvgIpc) is 3.31. The Kier molecular flexibility index (Phi) is 4.99. The van der Waals surface area contributed by atoms with Crippen LogP contribution in [-0.2, 0) is 6.54 Å². The summed E-state index contributed by atoms with van der Waals surface area (Å²) in [5.74, 6) is 0.623. The zero-order valence-electron chi connectivity index (χ0n) is 13.6. The first-order valence-corrected chi connectivity index (χ1v) is 8.77. The number of methoxy groups -OCH3 is 1. The van der Waals surface area contributed by atoms with Gasteiger partial charge in [0.2, 0.25) is 0 Å². The summed E-state index contributed by atoms with van der Waals surface area (Å²) in [6.45, 7) is 2.07. The molecule has 128 valence electrons. The lowest BCUT2D eigenvalue weighted by molar-refractivity contribution is 0.237. The van der Waals surface area contributed by atoms with Gasteiger partial charge in [-0.2, -0.15) is 0 Å². The molecule has 0 bridgehead atoms. The number of ether oxygens (including phenoxy) is 1. The van der Waals surface area contributed by atoms with Crippen molar-refractivity contribution in [3.63, 3.8) is 0 Å². The van der Waals surface area contributed by atoms with Crippen LogP contribution in [0.3, 0.4) is 0 Å². The highest BCUT2D eigenvalue weighted by molar-refractivity contribution is 7.09. The van der Waals surface area contributed by atoms with Crippen molar-refractivity contribution in [3.8, 4) is 5.75 Å². The van der Waals surface area contributed by atoms with E-state index in [0.29, 0.717) is 23.8 Å². The number of halogens is 1. The maximum absolute atomic E-state index is 14.0. The SMILES string of the molecule is COc1cccc(F)c1[C@@H](C)NC(=O)NCc1csc(C2CC2)n1. The first kappa shape index (κ1) is 16.7. The van der Waals surface area contributed by atoms with E-state index < -0.39 is 11.9 Å². The second-order valence-corrected chi connectivity index (χ2v) is 6.75. The molecule has 0 spiro atoms. The summed E-state index contributed by atoms with van der Waals surface area (Å²) in [6.07, 6.45) is 2.42. The van der Waals surface area contributed by atoms with Gasteiger partial charge in [-0.25, -0.2) is 14.2 Å². The summed E-state index contributed by atoms with van der Waals surface area (Å²) in [5, 5.41) is 8.61. The molecule has 24 heavy (non-hydrogen) atoms. The maximum Gasteiger partial charge on any atom is 0.315 e. The number of carbonyl (C=O) groups is 1. The fourth-order valence-electron chi connectivity index (χ4n) is 2.53. The van der Waals surface area contributed by atoms with Crippen LogP contribution in [0.2, 0.25) is 0 Å². The Balaban J connectivity index is 1.56. The molecule has 2 aromatic rings. The molecule has 0 radical (unpaired) electrons. The van der Waals surface area contributed by atoms with Gasteiger partial charge in [-0.05, 0) is 31.9 Å². The van der Waals surface area contributed by atoms with E-state index in [0.717, 1.165) is 10.7 Å².